The first kappa shape index (κ1) is 42.4. The van der Waals surface area contributed by atoms with Crippen molar-refractivity contribution in [2.75, 3.05) is 0 Å². The van der Waals surface area contributed by atoms with Gasteiger partial charge in [-0.25, -0.2) is 9.59 Å². The maximum absolute atomic E-state index is 12.9. The number of benzene rings is 6. The first-order valence-electron chi connectivity index (χ1n) is 19.5. The molecule has 0 atom stereocenters. The van der Waals surface area contributed by atoms with Gasteiger partial charge in [0, 0.05) is 23.7 Å². The zero-order chi connectivity index (χ0) is 42.9. The second-order valence-corrected chi connectivity index (χ2v) is 15.4. The highest BCUT2D eigenvalue weighted by Gasteiger charge is 2.25. The number of phenols is 2. The molecule has 0 saturated carbocycles. The number of unbranched alkanes of at least 4 members (excludes halogenated alkanes) is 1. The van der Waals surface area contributed by atoms with Gasteiger partial charge in [-0.3, -0.25) is 9.59 Å². The Kier molecular flexibility index (Phi) is 13.1. The molecule has 60 heavy (non-hydrogen) atoms. The molecule has 0 radical (unpaired) electrons. The summed E-state index contributed by atoms with van der Waals surface area (Å²) >= 11 is 0. The van der Waals surface area contributed by atoms with Gasteiger partial charge in [0.05, 0.1) is 11.1 Å². The van der Waals surface area contributed by atoms with Crippen LogP contribution in [0.1, 0.15) is 96.3 Å². The zero-order valence-corrected chi connectivity index (χ0v) is 33.8. The molecule has 0 aromatic heterocycles. The normalized spacial score (nSPS) is 11.3. The number of hydrogen-bond donors (Lipinski definition) is 2. The van der Waals surface area contributed by atoms with E-state index in [9.17, 15) is 29.4 Å². The second-order valence-electron chi connectivity index (χ2n) is 15.4. The first-order chi connectivity index (χ1) is 28.7. The van der Waals surface area contributed by atoms with Crippen LogP contribution in [0.15, 0.2) is 146 Å². The van der Waals surface area contributed by atoms with E-state index < -0.39 is 23.9 Å². The average Bonchev–Trinajstić information content (AvgIpc) is 3.23. The lowest BCUT2D eigenvalue weighted by Crippen LogP contribution is -2.18. The van der Waals surface area contributed by atoms with E-state index in [2.05, 4.69) is 27.7 Å². The summed E-state index contributed by atoms with van der Waals surface area (Å²) in [6.07, 6.45) is 0.774. The van der Waals surface area contributed by atoms with E-state index in [0.29, 0.717) is 24.3 Å². The van der Waals surface area contributed by atoms with Crippen LogP contribution < -0.4 is 18.9 Å². The minimum atomic E-state index is -0.614. The van der Waals surface area contributed by atoms with Gasteiger partial charge in [-0.2, -0.15) is 0 Å². The third-order valence-electron chi connectivity index (χ3n) is 10.4. The number of aromatic hydroxyl groups is 2. The molecule has 306 valence electrons. The van der Waals surface area contributed by atoms with Crippen molar-refractivity contribution in [2.24, 2.45) is 0 Å². The third kappa shape index (κ3) is 10.8. The molecule has 0 bridgehead atoms. The summed E-state index contributed by atoms with van der Waals surface area (Å²) in [4.78, 5) is 51.1. The highest BCUT2D eigenvalue weighted by Crippen LogP contribution is 2.35. The van der Waals surface area contributed by atoms with E-state index >= 15 is 0 Å². The van der Waals surface area contributed by atoms with Gasteiger partial charge in [0.15, 0.2) is 0 Å². The molecule has 6 rings (SSSR count). The lowest BCUT2D eigenvalue weighted by Gasteiger charge is -2.26. The summed E-state index contributed by atoms with van der Waals surface area (Å²) in [7, 11) is 0. The van der Waals surface area contributed by atoms with E-state index in [-0.39, 0.29) is 57.8 Å². The number of rotatable bonds is 15. The highest BCUT2D eigenvalue weighted by molar-refractivity contribution is 5.92. The summed E-state index contributed by atoms with van der Waals surface area (Å²) in [5.74, 6) is -0.807. The molecule has 0 heterocycles. The minimum Gasteiger partial charge on any atom is -0.508 e. The van der Waals surface area contributed by atoms with E-state index in [1.807, 2.05) is 48.5 Å². The molecule has 0 spiro atoms. The Hall–Kier alpha value is -7.20. The first-order valence-corrected chi connectivity index (χ1v) is 19.5. The standard InChI is InChI=1S/C50H46O10/c1-49(2,35-15-23-39(51)24-16-35)37-19-27-41(28-20-37)59-47(55)33-9-7-11-43(31-33)57-45(53)13-5-6-14-46(54)58-44-12-8-10-34(32-44)48(56)60-42-29-21-38(22-30-42)50(3,4)36-17-25-40(52)26-18-36/h7-12,15-32,51-52H,5-6,13-14H2,1-4H3. The van der Waals surface area contributed by atoms with Gasteiger partial charge < -0.3 is 29.2 Å². The van der Waals surface area contributed by atoms with E-state index in [4.69, 9.17) is 18.9 Å². The van der Waals surface area contributed by atoms with Crippen LogP contribution in [-0.4, -0.2) is 34.1 Å². The minimum absolute atomic E-state index is 0.0331. The summed E-state index contributed by atoms with van der Waals surface area (Å²) in [5.41, 5.74) is 3.74. The molecule has 0 aliphatic heterocycles. The number of phenolic OH excluding ortho intramolecular Hbond substituents is 2. The Morgan fingerprint density at radius 3 is 1.07 bits per heavy atom. The predicted molar refractivity (Wildman–Crippen MR) is 226 cm³/mol. The summed E-state index contributed by atoms with van der Waals surface area (Å²) < 4.78 is 22.1. The van der Waals surface area contributed by atoms with E-state index in [1.165, 1.54) is 12.1 Å². The van der Waals surface area contributed by atoms with Crippen molar-refractivity contribution in [1.82, 2.24) is 0 Å². The molecular weight excluding hydrogens is 761 g/mol. The molecule has 0 aliphatic rings. The van der Waals surface area contributed by atoms with Crippen LogP contribution in [0.4, 0.5) is 0 Å². The molecule has 10 heteroatoms. The molecule has 6 aromatic rings. The Morgan fingerprint density at radius 1 is 0.417 bits per heavy atom. The Morgan fingerprint density at radius 2 is 0.733 bits per heavy atom. The molecule has 0 fully saturated rings. The molecule has 2 N–H and O–H groups in total. The van der Waals surface area contributed by atoms with Crippen LogP contribution in [0.5, 0.6) is 34.5 Å². The molecule has 0 aliphatic carbocycles. The van der Waals surface area contributed by atoms with Crippen LogP contribution in [0.2, 0.25) is 0 Å². The Balaban J connectivity index is 0.921. The topological polar surface area (TPSA) is 146 Å². The molecule has 0 amide bonds. The molecule has 6 aromatic carbocycles. The van der Waals surface area contributed by atoms with Crippen LogP contribution in [0, 0.1) is 0 Å². The number of carbonyl (C=O) groups excluding carboxylic acids is 4. The van der Waals surface area contributed by atoms with Crippen LogP contribution in [-0.2, 0) is 20.4 Å². The van der Waals surface area contributed by atoms with Crippen molar-refractivity contribution in [2.45, 2.75) is 64.2 Å². The van der Waals surface area contributed by atoms with Crippen molar-refractivity contribution in [3.05, 3.63) is 179 Å². The van der Waals surface area contributed by atoms with Gasteiger partial charge in [0.25, 0.3) is 0 Å². The number of carbonyl (C=O) groups is 4. The van der Waals surface area contributed by atoms with Crippen molar-refractivity contribution >= 4 is 23.9 Å². The molecule has 0 saturated heterocycles. The fourth-order valence-corrected chi connectivity index (χ4v) is 6.58. The van der Waals surface area contributed by atoms with Crippen LogP contribution in [0.25, 0.3) is 0 Å². The molecule has 10 nitrogen and oxygen atoms in total. The number of hydrogen-bond acceptors (Lipinski definition) is 10. The maximum Gasteiger partial charge on any atom is 0.343 e. The third-order valence-corrected chi connectivity index (χ3v) is 10.4. The second kappa shape index (κ2) is 18.6. The van der Waals surface area contributed by atoms with Gasteiger partial charge in [0.2, 0.25) is 0 Å². The Labute approximate surface area is 349 Å². The van der Waals surface area contributed by atoms with Gasteiger partial charge >= 0.3 is 23.9 Å². The summed E-state index contributed by atoms with van der Waals surface area (Å²) in [6, 6.07) is 40.8. The van der Waals surface area contributed by atoms with Gasteiger partial charge in [0.1, 0.15) is 34.5 Å². The van der Waals surface area contributed by atoms with E-state index in [1.54, 1.807) is 84.9 Å². The van der Waals surface area contributed by atoms with Gasteiger partial charge in [-0.15, -0.1) is 0 Å². The number of ether oxygens (including phenoxy) is 4. The lowest BCUT2D eigenvalue weighted by atomic mass is 9.78. The van der Waals surface area contributed by atoms with E-state index in [0.717, 1.165) is 22.3 Å². The van der Waals surface area contributed by atoms with Crippen molar-refractivity contribution in [3.63, 3.8) is 0 Å². The quantitative estimate of drug-likeness (QED) is 0.0584. The fourth-order valence-electron chi connectivity index (χ4n) is 6.58. The largest absolute Gasteiger partial charge is 0.508 e. The smallest absolute Gasteiger partial charge is 0.343 e. The van der Waals surface area contributed by atoms with Gasteiger partial charge in [-0.1, -0.05) is 88.4 Å². The molecule has 0 unspecified atom stereocenters. The van der Waals surface area contributed by atoms with Crippen LogP contribution >= 0.6 is 0 Å². The Bertz CT molecular complexity index is 2270. The molecular formula is C50H46O10. The summed E-state index contributed by atoms with van der Waals surface area (Å²) in [6.45, 7) is 8.26. The van der Waals surface area contributed by atoms with Crippen molar-refractivity contribution in [3.8, 4) is 34.5 Å². The average molecular weight is 807 g/mol. The fraction of sp³-hybridized carbons (Fsp3) is 0.200. The maximum atomic E-state index is 12.9. The van der Waals surface area contributed by atoms with Gasteiger partial charge in [-0.05, 0) is 120 Å². The van der Waals surface area contributed by atoms with Crippen LogP contribution in [0.3, 0.4) is 0 Å². The number of esters is 4. The lowest BCUT2D eigenvalue weighted by molar-refractivity contribution is -0.136. The van der Waals surface area contributed by atoms with Crippen molar-refractivity contribution in [1.29, 1.82) is 0 Å². The monoisotopic (exact) mass is 806 g/mol. The van der Waals surface area contributed by atoms with Crippen molar-refractivity contribution < 1.29 is 48.3 Å². The predicted octanol–water partition coefficient (Wildman–Crippen LogP) is 10.3. The summed E-state index contributed by atoms with van der Waals surface area (Å²) in [5, 5.41) is 19.3. The highest BCUT2D eigenvalue weighted by atomic mass is 16.5. The SMILES string of the molecule is CC(C)(c1ccc(O)cc1)c1ccc(OC(=O)c2cccc(OC(=O)CCCCC(=O)Oc3cccc(C(=O)Oc4ccc(C(C)(C)c5ccc(O)cc5)cc4)c3)c2)cc1. The zero-order valence-electron chi connectivity index (χ0n) is 33.8.